The van der Waals surface area contributed by atoms with Crippen LogP contribution in [0.25, 0.3) is 11.4 Å². The highest BCUT2D eigenvalue weighted by atomic mass is 19.1. The quantitative estimate of drug-likeness (QED) is 0.864. The van der Waals surface area contributed by atoms with Crippen LogP contribution in [0.5, 0.6) is 0 Å². The van der Waals surface area contributed by atoms with Gasteiger partial charge in [-0.15, -0.1) is 0 Å². The van der Waals surface area contributed by atoms with Crippen molar-refractivity contribution >= 4 is 5.82 Å². The van der Waals surface area contributed by atoms with Crippen molar-refractivity contribution in [3.8, 4) is 11.4 Å². The van der Waals surface area contributed by atoms with Crippen LogP contribution in [0.15, 0.2) is 30.5 Å². The Morgan fingerprint density at radius 2 is 1.82 bits per heavy atom. The second-order valence-corrected chi connectivity index (χ2v) is 4.20. The van der Waals surface area contributed by atoms with E-state index in [1.54, 1.807) is 18.3 Å². The van der Waals surface area contributed by atoms with Gasteiger partial charge in [0.05, 0.1) is 0 Å². The molecule has 0 aliphatic heterocycles. The molecule has 1 aromatic heterocycles. The average Bonchev–Trinajstić information content (AvgIpc) is 2.29. The van der Waals surface area contributed by atoms with E-state index >= 15 is 0 Å². The zero-order chi connectivity index (χ0) is 12.4. The fraction of sp³-hybridized carbons (Fsp3) is 0.231. The number of nitrogen functional groups attached to an aromatic ring is 1. The minimum absolute atomic E-state index is 0.277. The van der Waals surface area contributed by atoms with E-state index < -0.39 is 0 Å². The summed E-state index contributed by atoms with van der Waals surface area (Å²) in [5.74, 6) is 1.01. The normalized spacial score (nSPS) is 10.8. The second kappa shape index (κ2) is 4.49. The molecule has 0 spiro atoms. The van der Waals surface area contributed by atoms with Crippen molar-refractivity contribution < 1.29 is 4.39 Å². The predicted molar refractivity (Wildman–Crippen MR) is 65.9 cm³/mol. The van der Waals surface area contributed by atoms with E-state index in [-0.39, 0.29) is 11.7 Å². The molecular weight excluding hydrogens is 217 g/mol. The van der Waals surface area contributed by atoms with Gasteiger partial charge >= 0.3 is 0 Å². The van der Waals surface area contributed by atoms with E-state index in [9.17, 15) is 4.39 Å². The smallest absolute Gasteiger partial charge is 0.161 e. The molecule has 0 aliphatic carbocycles. The van der Waals surface area contributed by atoms with Gasteiger partial charge < -0.3 is 5.73 Å². The monoisotopic (exact) mass is 231 g/mol. The lowest BCUT2D eigenvalue weighted by atomic mass is 10.1. The minimum Gasteiger partial charge on any atom is -0.383 e. The van der Waals surface area contributed by atoms with Crippen LogP contribution in [0.4, 0.5) is 10.2 Å². The summed E-state index contributed by atoms with van der Waals surface area (Å²) in [5, 5.41) is 0. The molecule has 0 saturated carbocycles. The van der Waals surface area contributed by atoms with Crippen molar-refractivity contribution in [2.75, 3.05) is 5.73 Å². The summed E-state index contributed by atoms with van der Waals surface area (Å²) in [6.45, 7) is 4.07. The molecule has 88 valence electrons. The van der Waals surface area contributed by atoms with Crippen molar-refractivity contribution in [1.82, 2.24) is 9.97 Å². The summed E-state index contributed by atoms with van der Waals surface area (Å²) in [6, 6.07) is 6.04. The lowest BCUT2D eigenvalue weighted by Gasteiger charge is -2.09. The first-order valence-corrected chi connectivity index (χ1v) is 5.46. The predicted octanol–water partition coefficient (Wildman–Crippen LogP) is 2.99. The van der Waals surface area contributed by atoms with Gasteiger partial charge in [0.15, 0.2) is 5.82 Å². The molecule has 3 nitrogen and oxygen atoms in total. The summed E-state index contributed by atoms with van der Waals surface area (Å²) in [5.41, 5.74) is 7.55. The van der Waals surface area contributed by atoms with E-state index in [2.05, 4.69) is 9.97 Å². The molecule has 1 aromatic carbocycles. The van der Waals surface area contributed by atoms with Gasteiger partial charge in [-0.25, -0.2) is 14.4 Å². The molecule has 0 saturated heterocycles. The number of hydrogen-bond donors (Lipinski definition) is 1. The first-order valence-electron chi connectivity index (χ1n) is 5.46. The van der Waals surface area contributed by atoms with Crippen molar-refractivity contribution in [3.05, 3.63) is 41.8 Å². The van der Waals surface area contributed by atoms with Gasteiger partial charge in [-0.1, -0.05) is 13.8 Å². The molecule has 2 rings (SSSR count). The highest BCUT2D eigenvalue weighted by Gasteiger charge is 2.08. The molecule has 0 bridgehead atoms. The van der Waals surface area contributed by atoms with Gasteiger partial charge in [-0.05, 0) is 30.2 Å². The molecule has 0 radical (unpaired) electrons. The number of benzene rings is 1. The largest absolute Gasteiger partial charge is 0.383 e. The van der Waals surface area contributed by atoms with Crippen LogP contribution < -0.4 is 5.73 Å². The van der Waals surface area contributed by atoms with Gasteiger partial charge in [0, 0.05) is 17.3 Å². The Balaban J connectivity index is 2.41. The van der Waals surface area contributed by atoms with Crippen molar-refractivity contribution in [2.24, 2.45) is 0 Å². The van der Waals surface area contributed by atoms with Gasteiger partial charge in [0.1, 0.15) is 11.6 Å². The van der Waals surface area contributed by atoms with Gasteiger partial charge in [0.25, 0.3) is 0 Å². The first kappa shape index (κ1) is 11.5. The lowest BCUT2D eigenvalue weighted by Crippen LogP contribution is -2.02. The van der Waals surface area contributed by atoms with Crippen LogP contribution in [-0.2, 0) is 0 Å². The number of halogens is 1. The number of aromatic nitrogens is 2. The molecule has 0 fully saturated rings. The van der Waals surface area contributed by atoms with Crippen LogP contribution in [0, 0.1) is 5.82 Å². The third kappa shape index (κ3) is 2.41. The zero-order valence-electron chi connectivity index (χ0n) is 9.81. The van der Waals surface area contributed by atoms with Gasteiger partial charge in [-0.3, -0.25) is 0 Å². The summed E-state index contributed by atoms with van der Waals surface area (Å²) in [6.07, 6.45) is 1.73. The average molecular weight is 231 g/mol. The molecule has 4 heteroatoms. The van der Waals surface area contributed by atoms with E-state index in [0.717, 1.165) is 11.1 Å². The number of nitrogens with zero attached hydrogens (tertiary/aromatic N) is 2. The van der Waals surface area contributed by atoms with Crippen LogP contribution in [0.3, 0.4) is 0 Å². The summed E-state index contributed by atoms with van der Waals surface area (Å²) < 4.78 is 12.8. The minimum atomic E-state index is -0.277. The Morgan fingerprint density at radius 3 is 2.35 bits per heavy atom. The molecule has 0 unspecified atom stereocenters. The Kier molecular flexibility index (Phi) is 3.04. The maximum absolute atomic E-state index is 12.8. The third-order valence-corrected chi connectivity index (χ3v) is 2.57. The number of anilines is 1. The van der Waals surface area contributed by atoms with E-state index in [1.807, 2.05) is 13.8 Å². The third-order valence-electron chi connectivity index (χ3n) is 2.57. The SMILES string of the molecule is CC(C)c1cnc(-c2ccc(F)cc2)nc1N. The van der Waals surface area contributed by atoms with E-state index in [1.165, 1.54) is 12.1 Å². The molecule has 2 N–H and O–H groups in total. The van der Waals surface area contributed by atoms with Gasteiger partial charge in [0.2, 0.25) is 0 Å². The summed E-state index contributed by atoms with van der Waals surface area (Å²) >= 11 is 0. The number of hydrogen-bond acceptors (Lipinski definition) is 3. The highest BCUT2D eigenvalue weighted by molar-refractivity contribution is 5.57. The molecule has 0 atom stereocenters. The van der Waals surface area contributed by atoms with Crippen LogP contribution >= 0.6 is 0 Å². The fourth-order valence-electron chi connectivity index (χ4n) is 1.59. The topological polar surface area (TPSA) is 51.8 Å². The zero-order valence-corrected chi connectivity index (χ0v) is 9.81. The van der Waals surface area contributed by atoms with Crippen molar-refractivity contribution in [2.45, 2.75) is 19.8 Å². The second-order valence-electron chi connectivity index (χ2n) is 4.20. The summed E-state index contributed by atoms with van der Waals surface area (Å²) in [4.78, 5) is 8.49. The summed E-state index contributed by atoms with van der Waals surface area (Å²) in [7, 11) is 0. The standard InChI is InChI=1S/C13H14FN3/c1-8(2)11-7-16-13(17-12(11)15)9-3-5-10(14)6-4-9/h3-8H,1-2H3,(H2,15,16,17). The molecule has 0 aliphatic rings. The molecule has 0 amide bonds. The van der Waals surface area contributed by atoms with Crippen LogP contribution in [-0.4, -0.2) is 9.97 Å². The van der Waals surface area contributed by atoms with Gasteiger partial charge in [-0.2, -0.15) is 0 Å². The van der Waals surface area contributed by atoms with E-state index in [0.29, 0.717) is 11.6 Å². The number of rotatable bonds is 2. The maximum atomic E-state index is 12.8. The lowest BCUT2D eigenvalue weighted by molar-refractivity contribution is 0.628. The van der Waals surface area contributed by atoms with Crippen molar-refractivity contribution in [1.29, 1.82) is 0 Å². The number of nitrogens with two attached hydrogens (primary N) is 1. The molecule has 17 heavy (non-hydrogen) atoms. The Hall–Kier alpha value is -1.97. The maximum Gasteiger partial charge on any atom is 0.161 e. The first-order chi connectivity index (χ1) is 8.08. The Morgan fingerprint density at radius 1 is 1.18 bits per heavy atom. The van der Waals surface area contributed by atoms with Crippen molar-refractivity contribution in [3.63, 3.8) is 0 Å². The van der Waals surface area contributed by atoms with E-state index in [4.69, 9.17) is 5.73 Å². The van der Waals surface area contributed by atoms with Crippen LogP contribution in [0.1, 0.15) is 25.3 Å². The Bertz CT molecular complexity index is 521. The molecule has 2 aromatic rings. The van der Waals surface area contributed by atoms with Crippen LogP contribution in [0.2, 0.25) is 0 Å². The Labute approximate surface area is 99.5 Å². The molecular formula is C13H14FN3. The molecule has 1 heterocycles. The highest BCUT2D eigenvalue weighted by Crippen LogP contribution is 2.22. The fourth-order valence-corrected chi connectivity index (χ4v) is 1.59.